The van der Waals surface area contributed by atoms with E-state index in [1.165, 1.54) is 6.92 Å². The summed E-state index contributed by atoms with van der Waals surface area (Å²) >= 11 is 0. The van der Waals surface area contributed by atoms with Crippen molar-refractivity contribution in [1.29, 1.82) is 0 Å². The summed E-state index contributed by atoms with van der Waals surface area (Å²) in [5.74, 6) is -0.396. The normalized spacial score (nSPS) is 9.50. The number of primary amides is 1. The Morgan fingerprint density at radius 3 is 2.29 bits per heavy atom. The van der Waals surface area contributed by atoms with Gasteiger partial charge in [-0.2, -0.15) is 0 Å². The van der Waals surface area contributed by atoms with E-state index in [4.69, 9.17) is 5.73 Å². The summed E-state index contributed by atoms with van der Waals surface area (Å²) in [5, 5.41) is 2.82. The first-order valence-electron chi connectivity index (χ1n) is 4.23. The van der Waals surface area contributed by atoms with Crippen LogP contribution in [0.1, 0.15) is 17.3 Å². The second kappa shape index (κ2) is 4.41. The molecule has 0 saturated carbocycles. The van der Waals surface area contributed by atoms with E-state index < -0.39 is 5.91 Å². The molecule has 1 aromatic carbocycles. The Kier molecular flexibility index (Phi) is 3.23. The number of ketones is 1. The van der Waals surface area contributed by atoms with Crippen LogP contribution in [0.15, 0.2) is 24.3 Å². The molecule has 14 heavy (non-hydrogen) atoms. The van der Waals surface area contributed by atoms with Crippen molar-refractivity contribution < 1.29 is 9.59 Å². The Hall–Kier alpha value is -1.84. The first-order valence-corrected chi connectivity index (χ1v) is 4.23. The van der Waals surface area contributed by atoms with Gasteiger partial charge in [0.1, 0.15) is 0 Å². The number of amides is 1. The maximum absolute atomic E-state index is 10.9. The summed E-state index contributed by atoms with van der Waals surface area (Å²) in [6.07, 6.45) is 0. The van der Waals surface area contributed by atoms with E-state index in [0.29, 0.717) is 5.56 Å². The highest BCUT2D eigenvalue weighted by Gasteiger charge is 1.99. The maximum atomic E-state index is 10.9. The zero-order valence-electron chi connectivity index (χ0n) is 7.91. The quantitative estimate of drug-likeness (QED) is 0.692. The highest BCUT2D eigenvalue weighted by Crippen LogP contribution is 2.09. The van der Waals surface area contributed by atoms with Crippen LogP contribution in [-0.4, -0.2) is 18.2 Å². The number of nitrogens with two attached hydrogens (primary N) is 1. The molecule has 4 heteroatoms. The van der Waals surface area contributed by atoms with Gasteiger partial charge in [0.2, 0.25) is 5.91 Å². The lowest BCUT2D eigenvalue weighted by atomic mass is 10.1. The fraction of sp³-hybridized carbons (Fsp3) is 0.200. The Balaban J connectivity index is 2.64. The number of carbonyl (C=O) groups is 2. The monoisotopic (exact) mass is 192 g/mol. The molecule has 0 saturated heterocycles. The molecule has 0 bridgehead atoms. The minimum Gasteiger partial charge on any atom is -0.376 e. The van der Waals surface area contributed by atoms with E-state index >= 15 is 0 Å². The van der Waals surface area contributed by atoms with Crippen LogP contribution in [0, 0.1) is 0 Å². The fourth-order valence-corrected chi connectivity index (χ4v) is 1.01. The maximum Gasteiger partial charge on any atom is 0.236 e. The van der Waals surface area contributed by atoms with Gasteiger partial charge in [0.05, 0.1) is 6.54 Å². The second-order valence-corrected chi connectivity index (χ2v) is 2.95. The number of hydrogen-bond donors (Lipinski definition) is 2. The third-order valence-corrected chi connectivity index (χ3v) is 1.76. The van der Waals surface area contributed by atoms with E-state index in [1.54, 1.807) is 24.3 Å². The Morgan fingerprint density at radius 2 is 1.86 bits per heavy atom. The first kappa shape index (κ1) is 10.2. The molecule has 0 spiro atoms. The van der Waals surface area contributed by atoms with Gasteiger partial charge in [-0.15, -0.1) is 0 Å². The van der Waals surface area contributed by atoms with Gasteiger partial charge >= 0.3 is 0 Å². The zero-order chi connectivity index (χ0) is 10.6. The van der Waals surface area contributed by atoms with Crippen LogP contribution >= 0.6 is 0 Å². The molecular formula is C10H12N2O2. The summed E-state index contributed by atoms with van der Waals surface area (Å²) in [4.78, 5) is 21.4. The lowest BCUT2D eigenvalue weighted by molar-refractivity contribution is -0.116. The third kappa shape index (κ3) is 2.90. The SMILES string of the molecule is CC(=O)c1ccc(NCC(N)=O)cc1. The van der Waals surface area contributed by atoms with Crippen LogP contribution in [0.3, 0.4) is 0 Å². The van der Waals surface area contributed by atoms with E-state index in [0.717, 1.165) is 5.69 Å². The lowest BCUT2D eigenvalue weighted by Crippen LogP contribution is -2.21. The van der Waals surface area contributed by atoms with Crippen molar-refractivity contribution in [1.82, 2.24) is 0 Å². The highest BCUT2D eigenvalue weighted by atomic mass is 16.1. The molecule has 0 fully saturated rings. The molecule has 3 N–H and O–H groups in total. The van der Waals surface area contributed by atoms with Gasteiger partial charge < -0.3 is 11.1 Å². The van der Waals surface area contributed by atoms with Crippen LogP contribution in [0.4, 0.5) is 5.69 Å². The van der Waals surface area contributed by atoms with Gasteiger partial charge in [0.25, 0.3) is 0 Å². The number of benzene rings is 1. The number of carbonyl (C=O) groups excluding carboxylic acids is 2. The van der Waals surface area contributed by atoms with Gasteiger partial charge in [-0.3, -0.25) is 9.59 Å². The van der Waals surface area contributed by atoms with Crippen LogP contribution in [0.25, 0.3) is 0 Å². The zero-order valence-corrected chi connectivity index (χ0v) is 7.91. The van der Waals surface area contributed by atoms with E-state index in [1.807, 2.05) is 0 Å². The van der Waals surface area contributed by atoms with Crippen molar-refractivity contribution in [2.45, 2.75) is 6.92 Å². The number of Topliss-reactive ketones (excluding diaryl/α,β-unsaturated/α-hetero) is 1. The fourth-order valence-electron chi connectivity index (χ4n) is 1.01. The Morgan fingerprint density at radius 1 is 1.29 bits per heavy atom. The van der Waals surface area contributed by atoms with Crippen molar-refractivity contribution in [3.05, 3.63) is 29.8 Å². The summed E-state index contributed by atoms with van der Waals surface area (Å²) in [5.41, 5.74) is 6.38. The van der Waals surface area contributed by atoms with Crippen molar-refractivity contribution in [3.8, 4) is 0 Å². The smallest absolute Gasteiger partial charge is 0.236 e. The van der Waals surface area contributed by atoms with Crippen LogP contribution in [0.5, 0.6) is 0 Å². The summed E-state index contributed by atoms with van der Waals surface area (Å²) < 4.78 is 0. The predicted molar refractivity (Wildman–Crippen MR) is 54.1 cm³/mol. The number of nitrogens with one attached hydrogen (secondary N) is 1. The summed E-state index contributed by atoms with van der Waals surface area (Å²) in [7, 11) is 0. The molecule has 0 aliphatic heterocycles. The van der Waals surface area contributed by atoms with Gasteiger partial charge in [-0.25, -0.2) is 0 Å². The molecule has 0 aliphatic rings. The van der Waals surface area contributed by atoms with Crippen molar-refractivity contribution in [2.75, 3.05) is 11.9 Å². The molecular weight excluding hydrogens is 180 g/mol. The largest absolute Gasteiger partial charge is 0.376 e. The number of rotatable bonds is 4. The molecule has 0 atom stereocenters. The summed E-state index contributed by atoms with van der Waals surface area (Å²) in [6, 6.07) is 6.87. The van der Waals surface area contributed by atoms with Crippen molar-refractivity contribution in [3.63, 3.8) is 0 Å². The number of anilines is 1. The van der Waals surface area contributed by atoms with E-state index in [2.05, 4.69) is 5.32 Å². The van der Waals surface area contributed by atoms with Crippen LogP contribution in [0.2, 0.25) is 0 Å². The first-order chi connectivity index (χ1) is 6.59. The molecule has 74 valence electrons. The second-order valence-electron chi connectivity index (χ2n) is 2.95. The molecule has 1 aromatic rings. The highest BCUT2D eigenvalue weighted by molar-refractivity contribution is 5.94. The minimum absolute atomic E-state index is 0.0199. The minimum atomic E-state index is -0.416. The molecule has 4 nitrogen and oxygen atoms in total. The lowest BCUT2D eigenvalue weighted by Gasteiger charge is -2.03. The molecule has 0 radical (unpaired) electrons. The predicted octanol–water partition coefficient (Wildman–Crippen LogP) is 0.786. The standard InChI is InChI=1S/C10H12N2O2/c1-7(13)8-2-4-9(5-3-8)12-6-10(11)14/h2-5,12H,6H2,1H3,(H2,11,14). The van der Waals surface area contributed by atoms with Crippen LogP contribution < -0.4 is 11.1 Å². The summed E-state index contributed by atoms with van der Waals surface area (Å²) in [6.45, 7) is 1.60. The Bertz CT molecular complexity index is 344. The molecule has 0 unspecified atom stereocenters. The topological polar surface area (TPSA) is 72.2 Å². The molecule has 1 amide bonds. The molecule has 0 heterocycles. The van der Waals surface area contributed by atoms with E-state index in [-0.39, 0.29) is 12.3 Å². The van der Waals surface area contributed by atoms with Gasteiger partial charge in [-0.05, 0) is 31.2 Å². The van der Waals surface area contributed by atoms with Crippen molar-refractivity contribution in [2.24, 2.45) is 5.73 Å². The third-order valence-electron chi connectivity index (χ3n) is 1.76. The van der Waals surface area contributed by atoms with E-state index in [9.17, 15) is 9.59 Å². The molecule has 0 aromatic heterocycles. The van der Waals surface area contributed by atoms with Gasteiger partial charge in [0, 0.05) is 11.3 Å². The van der Waals surface area contributed by atoms with Crippen molar-refractivity contribution >= 4 is 17.4 Å². The van der Waals surface area contributed by atoms with Gasteiger partial charge in [-0.1, -0.05) is 0 Å². The molecule has 0 aliphatic carbocycles. The number of hydrogen-bond acceptors (Lipinski definition) is 3. The van der Waals surface area contributed by atoms with Gasteiger partial charge in [0.15, 0.2) is 5.78 Å². The average Bonchev–Trinajstić information content (AvgIpc) is 2.15. The average molecular weight is 192 g/mol. The molecule has 1 rings (SSSR count). The Labute approximate surface area is 82.1 Å². The van der Waals surface area contributed by atoms with Crippen LogP contribution in [-0.2, 0) is 4.79 Å².